The number of hydrogen-bond acceptors (Lipinski definition) is 4. The second kappa shape index (κ2) is 29.4. The quantitative estimate of drug-likeness (QED) is 0.0668. The molecular weight excluding hydrogens is 518 g/mol. The molecule has 3 amide bonds. The van der Waals surface area contributed by atoms with Gasteiger partial charge in [-0.25, -0.2) is 0 Å². The summed E-state index contributed by atoms with van der Waals surface area (Å²) in [6, 6.07) is -0.955. The number of nitrogens with one attached hydrogen (secondary N) is 3. The third kappa shape index (κ3) is 27.8. The van der Waals surface area contributed by atoms with Crippen molar-refractivity contribution in [1.29, 1.82) is 0 Å². The lowest BCUT2D eigenvalue weighted by atomic mass is 10.1. The van der Waals surface area contributed by atoms with Gasteiger partial charge in [-0.1, -0.05) is 129 Å². The van der Waals surface area contributed by atoms with Gasteiger partial charge >= 0.3 is 5.97 Å². The molecule has 0 aliphatic heterocycles. The third-order valence-electron chi connectivity index (χ3n) is 7.52. The highest BCUT2D eigenvalue weighted by Gasteiger charge is 2.23. The van der Waals surface area contributed by atoms with Gasteiger partial charge in [0.1, 0.15) is 6.04 Å². The smallest absolute Gasteiger partial charge is 0.303 e. The summed E-state index contributed by atoms with van der Waals surface area (Å²) in [6.07, 6.45) is 24.3. The summed E-state index contributed by atoms with van der Waals surface area (Å²) >= 11 is 0. The Morgan fingerprint density at radius 2 is 0.927 bits per heavy atom. The summed E-state index contributed by atoms with van der Waals surface area (Å²) < 4.78 is 0. The number of unbranched alkanes of at least 4 members (excludes halogenated alkanes) is 18. The monoisotopic (exact) mass is 581 g/mol. The Bertz CT molecular complexity index is 671. The van der Waals surface area contributed by atoms with E-state index < -0.39 is 17.9 Å². The second-order valence-corrected chi connectivity index (χ2v) is 11.6. The summed E-state index contributed by atoms with van der Waals surface area (Å²) in [5.74, 6) is -1.99. The number of amides is 3. The number of carbonyl (C=O) groups excluding carboxylic acids is 3. The molecule has 0 aliphatic carbocycles. The lowest BCUT2D eigenvalue weighted by Gasteiger charge is -2.18. The minimum absolute atomic E-state index is 0.00868. The number of hydrogen-bond donors (Lipinski definition) is 4. The SMILES string of the molecule is CCCCCCCCCCCCNC(=O)C[C@H](NC(=O)CCCC(=O)O)C(=O)NCCCCCCCCCCCC. The number of aliphatic carboxylic acids is 1. The van der Waals surface area contributed by atoms with Crippen molar-refractivity contribution in [2.75, 3.05) is 13.1 Å². The van der Waals surface area contributed by atoms with E-state index in [0.29, 0.717) is 13.1 Å². The molecule has 0 radical (unpaired) electrons. The first-order chi connectivity index (χ1) is 19.9. The van der Waals surface area contributed by atoms with Gasteiger partial charge in [0.2, 0.25) is 17.7 Å². The zero-order valence-corrected chi connectivity index (χ0v) is 26.5. The number of carboxylic acid groups (broad SMARTS) is 1. The van der Waals surface area contributed by atoms with E-state index in [2.05, 4.69) is 29.8 Å². The third-order valence-corrected chi connectivity index (χ3v) is 7.52. The van der Waals surface area contributed by atoms with E-state index in [9.17, 15) is 19.2 Å². The van der Waals surface area contributed by atoms with Crippen LogP contribution in [0.4, 0.5) is 0 Å². The molecule has 0 bridgehead atoms. The summed E-state index contributed by atoms with van der Waals surface area (Å²) in [4.78, 5) is 48.4. The number of carbonyl (C=O) groups is 4. The second-order valence-electron chi connectivity index (χ2n) is 11.6. The summed E-state index contributed by atoms with van der Waals surface area (Å²) in [5, 5.41) is 17.2. The van der Waals surface area contributed by atoms with Gasteiger partial charge in [0, 0.05) is 25.9 Å². The van der Waals surface area contributed by atoms with Crippen molar-refractivity contribution in [1.82, 2.24) is 16.0 Å². The van der Waals surface area contributed by atoms with Gasteiger partial charge in [-0.3, -0.25) is 19.2 Å². The Morgan fingerprint density at radius 3 is 1.37 bits per heavy atom. The van der Waals surface area contributed by atoms with E-state index in [-0.39, 0.29) is 37.5 Å². The van der Waals surface area contributed by atoms with Crippen molar-refractivity contribution in [3.05, 3.63) is 0 Å². The highest BCUT2D eigenvalue weighted by atomic mass is 16.4. The van der Waals surface area contributed by atoms with Crippen molar-refractivity contribution < 1.29 is 24.3 Å². The molecule has 240 valence electrons. The van der Waals surface area contributed by atoms with E-state index in [1.807, 2.05) is 0 Å². The van der Waals surface area contributed by atoms with Crippen LogP contribution in [-0.4, -0.2) is 47.9 Å². The van der Waals surface area contributed by atoms with Crippen molar-refractivity contribution in [3.8, 4) is 0 Å². The van der Waals surface area contributed by atoms with Gasteiger partial charge in [-0.2, -0.15) is 0 Å². The van der Waals surface area contributed by atoms with Gasteiger partial charge < -0.3 is 21.1 Å². The van der Waals surface area contributed by atoms with Crippen LogP contribution in [0.2, 0.25) is 0 Å². The molecule has 8 heteroatoms. The van der Waals surface area contributed by atoms with Crippen molar-refractivity contribution >= 4 is 23.7 Å². The number of rotatable bonds is 30. The highest BCUT2D eigenvalue weighted by Crippen LogP contribution is 2.11. The fourth-order valence-electron chi connectivity index (χ4n) is 4.92. The highest BCUT2D eigenvalue weighted by molar-refractivity contribution is 5.92. The number of carboxylic acids is 1. The van der Waals surface area contributed by atoms with Crippen molar-refractivity contribution in [2.45, 2.75) is 174 Å². The molecule has 8 nitrogen and oxygen atoms in total. The molecule has 1 atom stereocenters. The van der Waals surface area contributed by atoms with Gasteiger partial charge in [0.15, 0.2) is 0 Å². The zero-order valence-electron chi connectivity index (χ0n) is 26.5. The fraction of sp³-hybridized carbons (Fsp3) is 0.879. The Labute approximate surface area is 251 Å². The molecule has 0 aromatic rings. The topological polar surface area (TPSA) is 125 Å². The Balaban J connectivity index is 4.28. The molecular formula is C33H63N3O5. The van der Waals surface area contributed by atoms with Crippen LogP contribution in [0.25, 0.3) is 0 Å². The summed E-state index contributed by atoms with van der Waals surface area (Å²) in [5.41, 5.74) is 0. The van der Waals surface area contributed by atoms with Gasteiger partial charge in [-0.15, -0.1) is 0 Å². The molecule has 0 aromatic carbocycles. The Hall–Kier alpha value is -2.12. The molecule has 4 N–H and O–H groups in total. The van der Waals surface area contributed by atoms with Crippen LogP contribution in [0, 0.1) is 0 Å². The van der Waals surface area contributed by atoms with Crippen molar-refractivity contribution in [2.24, 2.45) is 0 Å². The van der Waals surface area contributed by atoms with E-state index in [1.165, 1.54) is 96.3 Å². The summed E-state index contributed by atoms with van der Waals surface area (Å²) in [7, 11) is 0. The molecule has 0 spiro atoms. The van der Waals surface area contributed by atoms with E-state index in [4.69, 9.17) is 5.11 Å². The summed E-state index contributed by atoms with van der Waals surface area (Å²) in [6.45, 7) is 5.54. The lowest BCUT2D eigenvalue weighted by molar-refractivity contribution is -0.137. The standard InChI is InChI=1S/C33H63N3O5/c1-3-5-7-9-11-13-15-17-19-21-26-34-31(38)28-29(36-30(37)24-23-25-32(39)40)33(41)35-27-22-20-18-16-14-12-10-8-6-4-2/h29H,3-28H2,1-2H3,(H,34,38)(H,35,41)(H,36,37)(H,39,40)/t29-/m0/s1. The predicted octanol–water partition coefficient (Wildman–Crippen LogP) is 7.19. The minimum Gasteiger partial charge on any atom is -0.481 e. The van der Waals surface area contributed by atoms with Crippen molar-refractivity contribution in [3.63, 3.8) is 0 Å². The maximum atomic E-state index is 12.8. The average molecular weight is 582 g/mol. The van der Waals surface area contributed by atoms with Crippen LogP contribution < -0.4 is 16.0 Å². The zero-order chi connectivity index (χ0) is 30.4. The molecule has 0 rings (SSSR count). The van der Waals surface area contributed by atoms with Crippen LogP contribution in [0.15, 0.2) is 0 Å². The van der Waals surface area contributed by atoms with E-state index in [0.717, 1.165) is 32.1 Å². The van der Waals surface area contributed by atoms with Crippen LogP contribution >= 0.6 is 0 Å². The first-order valence-electron chi connectivity index (χ1n) is 17.0. The Kier molecular flexibility index (Phi) is 27.9. The molecule has 0 aliphatic rings. The predicted molar refractivity (Wildman–Crippen MR) is 168 cm³/mol. The average Bonchev–Trinajstić information content (AvgIpc) is 2.94. The van der Waals surface area contributed by atoms with Crippen LogP contribution in [0.5, 0.6) is 0 Å². The molecule has 0 heterocycles. The van der Waals surface area contributed by atoms with Crippen LogP contribution in [0.3, 0.4) is 0 Å². The van der Waals surface area contributed by atoms with Gasteiger partial charge in [0.25, 0.3) is 0 Å². The molecule has 0 saturated carbocycles. The van der Waals surface area contributed by atoms with Gasteiger partial charge in [-0.05, 0) is 19.3 Å². The maximum absolute atomic E-state index is 12.8. The molecule has 0 saturated heterocycles. The lowest BCUT2D eigenvalue weighted by Crippen LogP contribution is -2.49. The first kappa shape index (κ1) is 38.9. The fourth-order valence-corrected chi connectivity index (χ4v) is 4.92. The van der Waals surface area contributed by atoms with Crippen LogP contribution in [0.1, 0.15) is 168 Å². The largest absolute Gasteiger partial charge is 0.481 e. The normalized spacial score (nSPS) is 11.7. The maximum Gasteiger partial charge on any atom is 0.303 e. The van der Waals surface area contributed by atoms with E-state index >= 15 is 0 Å². The molecule has 0 fully saturated rings. The van der Waals surface area contributed by atoms with Crippen LogP contribution in [-0.2, 0) is 19.2 Å². The Morgan fingerprint density at radius 1 is 0.512 bits per heavy atom. The molecule has 41 heavy (non-hydrogen) atoms. The molecule has 0 aromatic heterocycles. The van der Waals surface area contributed by atoms with Gasteiger partial charge in [0.05, 0.1) is 6.42 Å². The van der Waals surface area contributed by atoms with E-state index in [1.54, 1.807) is 0 Å². The molecule has 0 unspecified atom stereocenters. The first-order valence-corrected chi connectivity index (χ1v) is 17.0. The minimum atomic E-state index is -0.963.